The number of carbonyl (C=O) groups is 2. The number of nitrogens with zero attached hydrogens (tertiary/aromatic N) is 3. The summed E-state index contributed by atoms with van der Waals surface area (Å²) in [6, 6.07) is 14.9. The number of carbonyl (C=O) groups excluding carboxylic acids is 2. The summed E-state index contributed by atoms with van der Waals surface area (Å²) in [5.74, 6) is 0.467. The first-order valence-corrected chi connectivity index (χ1v) is 9.98. The van der Waals surface area contributed by atoms with Crippen molar-refractivity contribution in [2.45, 2.75) is 13.0 Å². The molecule has 2 heterocycles. The molecule has 1 aromatic heterocycles. The number of aromatic nitrogens is 2. The maximum atomic E-state index is 12.8. The van der Waals surface area contributed by atoms with E-state index in [4.69, 9.17) is 9.47 Å². The lowest BCUT2D eigenvalue weighted by atomic mass is 10.1. The third-order valence-corrected chi connectivity index (χ3v) is 5.37. The number of ether oxygens (including phenoxy) is 2. The Morgan fingerprint density at radius 2 is 1.97 bits per heavy atom. The Kier molecular flexibility index (Phi) is 5.88. The van der Waals surface area contributed by atoms with E-state index in [0.29, 0.717) is 30.3 Å². The molecule has 1 N–H and O–H groups in total. The topological polar surface area (TPSA) is 85.7 Å². The van der Waals surface area contributed by atoms with Crippen molar-refractivity contribution in [3.05, 3.63) is 66.5 Å². The monoisotopic (exact) mass is 420 g/mol. The van der Waals surface area contributed by atoms with Crippen LogP contribution < -0.4 is 19.7 Å². The molecule has 1 fully saturated rings. The van der Waals surface area contributed by atoms with Gasteiger partial charge in [-0.2, -0.15) is 5.10 Å². The highest BCUT2D eigenvalue weighted by Crippen LogP contribution is 2.35. The second-order valence-corrected chi connectivity index (χ2v) is 7.24. The van der Waals surface area contributed by atoms with Gasteiger partial charge in [-0.3, -0.25) is 9.59 Å². The molecule has 0 aliphatic carbocycles. The molecule has 4 rings (SSSR count). The molecule has 31 heavy (non-hydrogen) atoms. The summed E-state index contributed by atoms with van der Waals surface area (Å²) in [5, 5.41) is 7.24. The molecule has 1 unspecified atom stereocenters. The average molecular weight is 420 g/mol. The second-order valence-electron chi connectivity index (χ2n) is 7.24. The van der Waals surface area contributed by atoms with Gasteiger partial charge in [0.2, 0.25) is 11.8 Å². The maximum absolute atomic E-state index is 12.8. The van der Waals surface area contributed by atoms with Crippen molar-refractivity contribution in [2.24, 2.45) is 5.92 Å². The van der Waals surface area contributed by atoms with Crippen molar-refractivity contribution in [3.8, 4) is 17.2 Å². The lowest BCUT2D eigenvalue weighted by molar-refractivity contribution is -0.126. The fraction of sp³-hybridized carbons (Fsp3) is 0.261. The lowest BCUT2D eigenvalue weighted by Gasteiger charge is -2.20. The summed E-state index contributed by atoms with van der Waals surface area (Å²) in [6.45, 7) is 0.652. The number of anilines is 1. The van der Waals surface area contributed by atoms with E-state index >= 15 is 0 Å². The van der Waals surface area contributed by atoms with Gasteiger partial charge in [-0.15, -0.1) is 0 Å². The van der Waals surface area contributed by atoms with E-state index in [2.05, 4.69) is 10.4 Å². The van der Waals surface area contributed by atoms with E-state index in [1.165, 1.54) is 0 Å². The average Bonchev–Trinajstić information content (AvgIpc) is 3.47. The Morgan fingerprint density at radius 1 is 1.13 bits per heavy atom. The van der Waals surface area contributed by atoms with Crippen LogP contribution in [0.2, 0.25) is 0 Å². The molecule has 160 valence electrons. The molecule has 0 bridgehead atoms. The van der Waals surface area contributed by atoms with Crippen LogP contribution in [0.5, 0.6) is 11.5 Å². The van der Waals surface area contributed by atoms with E-state index in [1.54, 1.807) is 48.2 Å². The highest BCUT2D eigenvalue weighted by atomic mass is 16.5. The van der Waals surface area contributed by atoms with Crippen molar-refractivity contribution in [1.29, 1.82) is 0 Å². The summed E-state index contributed by atoms with van der Waals surface area (Å²) >= 11 is 0. The van der Waals surface area contributed by atoms with Crippen LogP contribution in [0.15, 0.2) is 60.9 Å². The van der Waals surface area contributed by atoms with Gasteiger partial charge >= 0.3 is 0 Å². The van der Waals surface area contributed by atoms with Gasteiger partial charge in [0, 0.05) is 38.0 Å². The normalized spacial score (nSPS) is 15.7. The van der Waals surface area contributed by atoms with Crippen molar-refractivity contribution in [3.63, 3.8) is 0 Å². The third kappa shape index (κ3) is 4.23. The van der Waals surface area contributed by atoms with Gasteiger partial charge < -0.3 is 19.7 Å². The van der Waals surface area contributed by atoms with Crippen LogP contribution in [0, 0.1) is 5.92 Å². The number of benzene rings is 2. The Bertz CT molecular complexity index is 1080. The number of hydrogen-bond acceptors (Lipinski definition) is 5. The van der Waals surface area contributed by atoms with Gasteiger partial charge in [-0.1, -0.05) is 18.2 Å². The highest BCUT2D eigenvalue weighted by Gasteiger charge is 2.36. The van der Waals surface area contributed by atoms with Gasteiger partial charge in [0.25, 0.3) is 0 Å². The Hall–Kier alpha value is -3.81. The number of nitrogens with one attached hydrogen (secondary N) is 1. The zero-order chi connectivity index (χ0) is 21.8. The first-order valence-electron chi connectivity index (χ1n) is 9.98. The van der Waals surface area contributed by atoms with Gasteiger partial charge in [0.15, 0.2) is 0 Å². The molecule has 1 aliphatic heterocycles. The van der Waals surface area contributed by atoms with Gasteiger partial charge in [0.05, 0.1) is 31.5 Å². The molecule has 8 nitrogen and oxygen atoms in total. The fourth-order valence-corrected chi connectivity index (χ4v) is 3.75. The van der Waals surface area contributed by atoms with Crippen molar-refractivity contribution >= 4 is 17.5 Å². The summed E-state index contributed by atoms with van der Waals surface area (Å²) in [6.07, 6.45) is 3.72. The highest BCUT2D eigenvalue weighted by molar-refractivity contribution is 6.01. The van der Waals surface area contributed by atoms with Gasteiger partial charge in [0.1, 0.15) is 11.5 Å². The van der Waals surface area contributed by atoms with Crippen LogP contribution >= 0.6 is 0 Å². The summed E-state index contributed by atoms with van der Waals surface area (Å²) < 4.78 is 12.4. The predicted molar refractivity (Wildman–Crippen MR) is 115 cm³/mol. The van der Waals surface area contributed by atoms with Crippen LogP contribution in [-0.2, 0) is 16.1 Å². The largest absolute Gasteiger partial charge is 0.497 e. The van der Waals surface area contributed by atoms with E-state index in [1.807, 2.05) is 36.5 Å². The summed E-state index contributed by atoms with van der Waals surface area (Å²) in [4.78, 5) is 27.1. The number of para-hydroxylation sites is 1. The standard InChI is InChI=1S/C23H24N4O4/c1-30-18-8-9-20(21(13-18)31-2)26-15-17(12-22(26)28)23(29)24-14-16-6-3-4-7-19(16)27-11-5-10-25-27/h3-11,13,17H,12,14-15H2,1-2H3,(H,24,29). The van der Waals surface area contributed by atoms with Gasteiger partial charge in [-0.25, -0.2) is 4.68 Å². The zero-order valence-corrected chi connectivity index (χ0v) is 17.4. The first-order chi connectivity index (χ1) is 15.1. The molecule has 1 aliphatic rings. The van der Waals surface area contributed by atoms with Gasteiger partial charge in [-0.05, 0) is 29.8 Å². The van der Waals surface area contributed by atoms with Crippen LogP contribution in [0.3, 0.4) is 0 Å². The van der Waals surface area contributed by atoms with E-state index in [0.717, 1.165) is 11.3 Å². The Balaban J connectivity index is 1.44. The van der Waals surface area contributed by atoms with E-state index in [9.17, 15) is 9.59 Å². The Labute approximate surface area is 180 Å². The minimum Gasteiger partial charge on any atom is -0.497 e. The molecular formula is C23H24N4O4. The third-order valence-electron chi connectivity index (χ3n) is 5.37. The van der Waals surface area contributed by atoms with Crippen molar-refractivity contribution in [1.82, 2.24) is 15.1 Å². The Morgan fingerprint density at radius 3 is 2.71 bits per heavy atom. The molecule has 2 amide bonds. The lowest BCUT2D eigenvalue weighted by Crippen LogP contribution is -2.33. The second kappa shape index (κ2) is 8.91. The number of amides is 2. The molecule has 8 heteroatoms. The molecule has 1 saturated heterocycles. The summed E-state index contributed by atoms with van der Waals surface area (Å²) in [7, 11) is 3.11. The zero-order valence-electron chi connectivity index (χ0n) is 17.4. The minimum atomic E-state index is -0.434. The van der Waals surface area contributed by atoms with Crippen LogP contribution in [0.4, 0.5) is 5.69 Å². The number of rotatable bonds is 7. The first kappa shape index (κ1) is 20.5. The quantitative estimate of drug-likeness (QED) is 0.635. The molecule has 2 aromatic carbocycles. The predicted octanol–water partition coefficient (Wildman–Crippen LogP) is 2.56. The molecule has 3 aromatic rings. The maximum Gasteiger partial charge on any atom is 0.227 e. The van der Waals surface area contributed by atoms with E-state index < -0.39 is 5.92 Å². The summed E-state index contributed by atoms with van der Waals surface area (Å²) in [5.41, 5.74) is 2.48. The molecule has 0 spiro atoms. The minimum absolute atomic E-state index is 0.111. The van der Waals surface area contributed by atoms with Crippen molar-refractivity contribution in [2.75, 3.05) is 25.7 Å². The van der Waals surface area contributed by atoms with Crippen LogP contribution in [-0.4, -0.2) is 42.4 Å². The van der Waals surface area contributed by atoms with Crippen molar-refractivity contribution < 1.29 is 19.1 Å². The smallest absolute Gasteiger partial charge is 0.227 e. The fourth-order valence-electron chi connectivity index (χ4n) is 3.75. The van der Waals surface area contributed by atoms with E-state index in [-0.39, 0.29) is 18.2 Å². The number of methoxy groups -OCH3 is 2. The number of hydrogen-bond donors (Lipinski definition) is 1. The molecular weight excluding hydrogens is 396 g/mol. The van der Waals surface area contributed by atoms with Crippen LogP contribution in [0.25, 0.3) is 5.69 Å². The molecule has 1 atom stereocenters. The van der Waals surface area contributed by atoms with Crippen LogP contribution in [0.1, 0.15) is 12.0 Å². The molecule has 0 radical (unpaired) electrons. The molecule has 0 saturated carbocycles. The SMILES string of the molecule is COc1ccc(N2CC(C(=O)NCc3ccccc3-n3cccn3)CC2=O)c(OC)c1.